The van der Waals surface area contributed by atoms with Crippen LogP contribution in [-0.4, -0.2) is 29.8 Å². The second kappa shape index (κ2) is 9.94. The van der Waals surface area contributed by atoms with Crippen LogP contribution in [-0.2, 0) is 17.8 Å². The Hall–Kier alpha value is -3.54. The Bertz CT molecular complexity index is 1150. The van der Waals surface area contributed by atoms with E-state index in [1.54, 1.807) is 12.1 Å². The first kappa shape index (κ1) is 22.6. The summed E-state index contributed by atoms with van der Waals surface area (Å²) in [5, 5.41) is 2.72. The number of hydrogen-bond donors (Lipinski definition) is 1. The van der Waals surface area contributed by atoms with Crippen LogP contribution in [0.15, 0.2) is 59.0 Å². The highest BCUT2D eigenvalue weighted by Crippen LogP contribution is 2.38. The fourth-order valence-corrected chi connectivity index (χ4v) is 4.33. The van der Waals surface area contributed by atoms with Gasteiger partial charge in [0.1, 0.15) is 18.1 Å². The first-order valence-electron chi connectivity index (χ1n) is 11.5. The Morgan fingerprint density at radius 1 is 1.12 bits per heavy atom. The third kappa shape index (κ3) is 4.95. The van der Waals surface area contributed by atoms with Crippen molar-refractivity contribution >= 4 is 11.8 Å². The van der Waals surface area contributed by atoms with E-state index in [4.69, 9.17) is 9.15 Å². The van der Waals surface area contributed by atoms with Crippen LogP contribution in [0, 0.1) is 6.92 Å². The number of ether oxygens (including phenoxy) is 1. The molecule has 3 aromatic rings. The van der Waals surface area contributed by atoms with E-state index < -0.39 is 0 Å². The zero-order valence-electron chi connectivity index (χ0n) is 19.4. The Labute approximate surface area is 194 Å². The fourth-order valence-electron chi connectivity index (χ4n) is 4.33. The summed E-state index contributed by atoms with van der Waals surface area (Å²) in [5.41, 5.74) is 4.59. The quantitative estimate of drug-likeness (QED) is 0.566. The number of rotatable bonds is 7. The van der Waals surface area contributed by atoms with Crippen LogP contribution in [0.1, 0.15) is 64.9 Å². The molecule has 6 nitrogen and oxygen atoms in total. The van der Waals surface area contributed by atoms with Gasteiger partial charge in [-0.05, 0) is 61.2 Å². The molecule has 0 fully saturated rings. The van der Waals surface area contributed by atoms with Gasteiger partial charge in [-0.15, -0.1) is 0 Å². The van der Waals surface area contributed by atoms with Crippen molar-refractivity contribution < 1.29 is 18.7 Å². The van der Waals surface area contributed by atoms with Gasteiger partial charge in [0.05, 0.1) is 6.04 Å². The van der Waals surface area contributed by atoms with Gasteiger partial charge in [0, 0.05) is 19.5 Å². The van der Waals surface area contributed by atoms with E-state index in [9.17, 15) is 9.59 Å². The normalized spacial score (nSPS) is 15.1. The van der Waals surface area contributed by atoms with Gasteiger partial charge in [-0.25, -0.2) is 0 Å². The average molecular weight is 447 g/mol. The Morgan fingerprint density at radius 2 is 1.97 bits per heavy atom. The van der Waals surface area contributed by atoms with E-state index in [-0.39, 0.29) is 30.2 Å². The van der Waals surface area contributed by atoms with E-state index in [0.29, 0.717) is 31.0 Å². The van der Waals surface area contributed by atoms with Gasteiger partial charge in [-0.2, -0.15) is 0 Å². The van der Waals surface area contributed by atoms with Crippen molar-refractivity contribution in [1.29, 1.82) is 0 Å². The van der Waals surface area contributed by atoms with Crippen molar-refractivity contribution in [2.45, 2.75) is 46.3 Å². The first-order valence-corrected chi connectivity index (χ1v) is 11.5. The molecular formula is C27H30N2O4. The van der Waals surface area contributed by atoms with Crippen molar-refractivity contribution in [3.8, 4) is 5.75 Å². The van der Waals surface area contributed by atoms with Gasteiger partial charge in [0.25, 0.3) is 5.91 Å². The topological polar surface area (TPSA) is 71.8 Å². The smallest absolute Gasteiger partial charge is 0.286 e. The second-order valence-corrected chi connectivity index (χ2v) is 8.28. The molecule has 1 aromatic heterocycles. The van der Waals surface area contributed by atoms with Crippen LogP contribution in [0.3, 0.4) is 0 Å². The van der Waals surface area contributed by atoms with Crippen LogP contribution in [0.5, 0.6) is 5.75 Å². The molecule has 172 valence electrons. The minimum absolute atomic E-state index is 0.141. The molecule has 0 aliphatic carbocycles. The monoisotopic (exact) mass is 446 g/mol. The Kier molecular flexibility index (Phi) is 6.82. The number of nitrogens with zero attached hydrogens (tertiary/aromatic N) is 1. The summed E-state index contributed by atoms with van der Waals surface area (Å²) in [6, 6.07) is 17.7. The number of furan rings is 1. The largest absolute Gasteiger partial charge is 0.486 e. The van der Waals surface area contributed by atoms with Crippen molar-refractivity contribution in [1.82, 2.24) is 10.2 Å². The summed E-state index contributed by atoms with van der Waals surface area (Å²) < 4.78 is 11.6. The van der Waals surface area contributed by atoms with Crippen LogP contribution < -0.4 is 10.1 Å². The maximum atomic E-state index is 12.8. The molecule has 1 N–H and O–H groups in total. The highest BCUT2D eigenvalue weighted by Gasteiger charge is 2.31. The van der Waals surface area contributed by atoms with Crippen LogP contribution in [0.25, 0.3) is 0 Å². The van der Waals surface area contributed by atoms with Crippen molar-refractivity contribution in [3.63, 3.8) is 0 Å². The summed E-state index contributed by atoms with van der Waals surface area (Å²) in [5.74, 6) is 1.46. The Balaban J connectivity index is 1.60. The number of amides is 2. The molecule has 33 heavy (non-hydrogen) atoms. The van der Waals surface area contributed by atoms with Crippen LogP contribution in [0.4, 0.5) is 0 Å². The number of nitrogens with one attached hydrogen (secondary N) is 1. The van der Waals surface area contributed by atoms with Crippen molar-refractivity contribution in [2.24, 2.45) is 0 Å². The average Bonchev–Trinajstić information content (AvgIpc) is 3.31. The number of carbonyl (C=O) groups is 2. The van der Waals surface area contributed by atoms with E-state index in [1.807, 2.05) is 36.9 Å². The molecule has 1 atom stereocenters. The summed E-state index contributed by atoms with van der Waals surface area (Å²) in [6.45, 7) is 7.29. The van der Waals surface area contributed by atoms with Gasteiger partial charge >= 0.3 is 0 Å². The van der Waals surface area contributed by atoms with E-state index >= 15 is 0 Å². The van der Waals surface area contributed by atoms with Gasteiger partial charge in [-0.3, -0.25) is 9.59 Å². The number of carbonyl (C=O) groups excluding carboxylic acids is 2. The minimum atomic E-state index is -0.237. The third-order valence-electron chi connectivity index (χ3n) is 5.93. The molecule has 0 spiro atoms. The molecule has 0 radical (unpaired) electrons. The maximum absolute atomic E-state index is 12.8. The number of aryl methyl sites for hydroxylation is 1. The molecular weight excluding hydrogens is 416 g/mol. The second-order valence-electron chi connectivity index (χ2n) is 8.28. The van der Waals surface area contributed by atoms with Crippen LogP contribution >= 0.6 is 0 Å². The molecule has 0 saturated carbocycles. The molecule has 4 rings (SSSR count). The fraction of sp³-hybridized carbons (Fsp3) is 0.333. The lowest BCUT2D eigenvalue weighted by Gasteiger charge is -2.38. The lowest BCUT2D eigenvalue weighted by Crippen LogP contribution is -2.40. The summed E-state index contributed by atoms with van der Waals surface area (Å²) in [4.78, 5) is 26.7. The van der Waals surface area contributed by atoms with Gasteiger partial charge in [0.15, 0.2) is 5.76 Å². The zero-order chi connectivity index (χ0) is 23.4. The van der Waals surface area contributed by atoms with Crippen molar-refractivity contribution in [2.75, 3.05) is 13.1 Å². The van der Waals surface area contributed by atoms with Crippen molar-refractivity contribution in [3.05, 3.63) is 88.4 Å². The van der Waals surface area contributed by atoms with E-state index in [1.165, 1.54) is 5.56 Å². The molecule has 1 aliphatic heterocycles. The summed E-state index contributed by atoms with van der Waals surface area (Å²) in [6.07, 6.45) is 1.29. The molecule has 6 heteroatoms. The SMILES string of the molecule is CCNC(=O)c1ccc(COc2ccc3c(c2)[C@@H](c2cccc(C)c2)N(C(=O)CC)CC3)o1. The van der Waals surface area contributed by atoms with E-state index in [0.717, 1.165) is 23.1 Å². The molecule has 2 aromatic carbocycles. The molecule has 0 saturated heterocycles. The predicted octanol–water partition coefficient (Wildman–Crippen LogP) is 4.80. The number of hydrogen-bond acceptors (Lipinski definition) is 4. The minimum Gasteiger partial charge on any atom is -0.486 e. The predicted molar refractivity (Wildman–Crippen MR) is 126 cm³/mol. The first-order chi connectivity index (χ1) is 16.0. The number of benzene rings is 2. The highest BCUT2D eigenvalue weighted by molar-refractivity contribution is 5.91. The summed E-state index contributed by atoms with van der Waals surface area (Å²) >= 11 is 0. The van der Waals surface area contributed by atoms with Gasteiger partial charge in [-0.1, -0.05) is 42.8 Å². The molecule has 2 amide bonds. The molecule has 0 unspecified atom stereocenters. The lowest BCUT2D eigenvalue weighted by atomic mass is 9.87. The highest BCUT2D eigenvalue weighted by atomic mass is 16.5. The van der Waals surface area contributed by atoms with Gasteiger partial charge < -0.3 is 19.4 Å². The zero-order valence-corrected chi connectivity index (χ0v) is 19.4. The van der Waals surface area contributed by atoms with Gasteiger partial charge in [0.2, 0.25) is 5.91 Å². The standard InChI is InChI=1S/C27H30N2O4/c1-4-25(30)29-14-13-19-9-10-21(16-23(19)26(29)20-8-6-7-18(3)15-20)32-17-22-11-12-24(33-22)27(31)28-5-2/h6-12,15-16,26H,4-5,13-14,17H2,1-3H3,(H,28,31)/t26-/m1/s1. The molecule has 2 heterocycles. The van der Waals surface area contributed by atoms with Crippen LogP contribution in [0.2, 0.25) is 0 Å². The molecule has 1 aliphatic rings. The maximum Gasteiger partial charge on any atom is 0.286 e. The third-order valence-corrected chi connectivity index (χ3v) is 5.93. The lowest BCUT2D eigenvalue weighted by molar-refractivity contribution is -0.132. The van der Waals surface area contributed by atoms with E-state index in [2.05, 4.69) is 36.5 Å². The summed E-state index contributed by atoms with van der Waals surface area (Å²) in [7, 11) is 0. The Morgan fingerprint density at radius 3 is 2.73 bits per heavy atom. The number of fused-ring (bicyclic) bond motifs is 1. The molecule has 0 bridgehead atoms.